The number of carbonyl (C=O) groups excluding carboxylic acids is 1. The number of hydrogen-bond acceptors (Lipinski definition) is 4. The van der Waals surface area contributed by atoms with Crippen molar-refractivity contribution < 1.29 is 14.3 Å². The molecular formula is C13H12FN3O2. The lowest BCUT2D eigenvalue weighted by Crippen LogP contribution is -2.16. The summed E-state index contributed by atoms with van der Waals surface area (Å²) >= 11 is 0. The Kier molecular flexibility index (Phi) is 3.33. The smallest absolute Gasteiger partial charge is 0.259 e. The summed E-state index contributed by atoms with van der Waals surface area (Å²) in [4.78, 5) is 15.9. The summed E-state index contributed by atoms with van der Waals surface area (Å²) in [6.45, 7) is 1.74. The summed E-state index contributed by atoms with van der Waals surface area (Å²) in [5.41, 5.74) is 6.33. The number of hydrogen-bond donors (Lipinski definition) is 3. The molecule has 0 aliphatic rings. The molecule has 1 heterocycles. The maximum absolute atomic E-state index is 13.5. The minimum Gasteiger partial charge on any atom is -0.505 e. The molecule has 0 unspecified atom stereocenters. The van der Waals surface area contributed by atoms with Gasteiger partial charge in [0, 0.05) is 5.69 Å². The molecule has 98 valence electrons. The van der Waals surface area contributed by atoms with Crippen molar-refractivity contribution in [3.05, 3.63) is 47.4 Å². The summed E-state index contributed by atoms with van der Waals surface area (Å²) < 4.78 is 13.5. The average molecular weight is 261 g/mol. The van der Waals surface area contributed by atoms with Crippen molar-refractivity contribution in [2.45, 2.75) is 6.92 Å². The number of aryl methyl sites for hydroxylation is 1. The van der Waals surface area contributed by atoms with Crippen molar-refractivity contribution in [1.82, 2.24) is 4.98 Å². The van der Waals surface area contributed by atoms with Gasteiger partial charge in [0.2, 0.25) is 0 Å². The fourth-order valence-corrected chi connectivity index (χ4v) is 1.57. The van der Waals surface area contributed by atoms with E-state index in [1.54, 1.807) is 13.0 Å². The van der Waals surface area contributed by atoms with E-state index in [2.05, 4.69) is 10.3 Å². The van der Waals surface area contributed by atoms with Crippen LogP contribution in [0.3, 0.4) is 0 Å². The number of pyridine rings is 1. The third-order valence-corrected chi connectivity index (χ3v) is 2.54. The molecule has 1 aromatic carbocycles. The number of aromatic nitrogens is 1. The fraction of sp³-hybridized carbons (Fsp3) is 0.0769. The molecule has 19 heavy (non-hydrogen) atoms. The first-order valence-corrected chi connectivity index (χ1v) is 5.51. The molecule has 4 N–H and O–H groups in total. The normalized spacial score (nSPS) is 10.2. The highest BCUT2D eigenvalue weighted by atomic mass is 19.1. The van der Waals surface area contributed by atoms with Gasteiger partial charge in [0.15, 0.2) is 11.6 Å². The SMILES string of the molecule is Cc1ccc(C(=O)Nc2cccc(O)c2F)c(N)n1. The topological polar surface area (TPSA) is 88.2 Å². The van der Waals surface area contributed by atoms with Gasteiger partial charge in [-0.05, 0) is 31.2 Å². The van der Waals surface area contributed by atoms with E-state index in [0.717, 1.165) is 0 Å². The first-order valence-electron chi connectivity index (χ1n) is 5.51. The number of nitrogens with two attached hydrogens (primary N) is 1. The number of nitrogens with zero attached hydrogens (tertiary/aromatic N) is 1. The maximum atomic E-state index is 13.5. The van der Waals surface area contributed by atoms with E-state index in [1.165, 1.54) is 24.3 Å². The van der Waals surface area contributed by atoms with Gasteiger partial charge in [0.25, 0.3) is 5.91 Å². The van der Waals surface area contributed by atoms with E-state index < -0.39 is 17.5 Å². The lowest BCUT2D eigenvalue weighted by Gasteiger charge is -2.08. The Balaban J connectivity index is 2.28. The number of rotatable bonds is 2. The third kappa shape index (κ3) is 2.62. The van der Waals surface area contributed by atoms with Crippen LogP contribution in [-0.2, 0) is 0 Å². The molecule has 2 aromatic rings. The molecule has 1 aromatic heterocycles. The lowest BCUT2D eigenvalue weighted by molar-refractivity contribution is 0.102. The monoisotopic (exact) mass is 261 g/mol. The predicted molar refractivity (Wildman–Crippen MR) is 69.4 cm³/mol. The van der Waals surface area contributed by atoms with Gasteiger partial charge in [0.05, 0.1) is 11.3 Å². The van der Waals surface area contributed by atoms with Crippen LogP contribution < -0.4 is 11.1 Å². The number of nitrogen functional groups attached to an aromatic ring is 1. The number of amides is 1. The highest BCUT2D eigenvalue weighted by molar-refractivity contribution is 6.07. The first-order chi connectivity index (χ1) is 8.99. The van der Waals surface area contributed by atoms with E-state index in [1.807, 2.05) is 0 Å². The average Bonchev–Trinajstić information content (AvgIpc) is 2.34. The molecule has 0 saturated carbocycles. The zero-order chi connectivity index (χ0) is 14.0. The lowest BCUT2D eigenvalue weighted by atomic mass is 10.2. The number of nitrogens with one attached hydrogen (secondary N) is 1. The first kappa shape index (κ1) is 12.8. The number of aromatic hydroxyl groups is 1. The van der Waals surface area contributed by atoms with Crippen LogP contribution in [0.1, 0.15) is 16.1 Å². The standard InChI is InChI=1S/C13H12FN3O2/c1-7-5-6-8(12(15)16-7)13(19)17-9-3-2-4-10(18)11(9)14/h2-6,18H,1H3,(H2,15,16)(H,17,19). The van der Waals surface area contributed by atoms with Crippen LogP contribution in [0.2, 0.25) is 0 Å². The molecule has 0 saturated heterocycles. The van der Waals surface area contributed by atoms with Crippen LogP contribution in [0.5, 0.6) is 5.75 Å². The molecule has 0 radical (unpaired) electrons. The summed E-state index contributed by atoms with van der Waals surface area (Å²) in [7, 11) is 0. The minimum atomic E-state index is -0.894. The Morgan fingerprint density at radius 1 is 1.37 bits per heavy atom. The van der Waals surface area contributed by atoms with Gasteiger partial charge in [-0.1, -0.05) is 6.07 Å². The van der Waals surface area contributed by atoms with Crippen LogP contribution in [0.25, 0.3) is 0 Å². The number of phenolic OH excluding ortho intramolecular Hbond substituents is 1. The van der Waals surface area contributed by atoms with Gasteiger partial charge < -0.3 is 16.2 Å². The van der Waals surface area contributed by atoms with Gasteiger partial charge in [-0.3, -0.25) is 4.79 Å². The number of carbonyl (C=O) groups is 1. The van der Waals surface area contributed by atoms with Crippen LogP contribution in [0.4, 0.5) is 15.9 Å². The molecule has 2 rings (SSSR count). The number of phenols is 1. The van der Waals surface area contributed by atoms with Crippen LogP contribution in [-0.4, -0.2) is 16.0 Å². The highest BCUT2D eigenvalue weighted by Crippen LogP contribution is 2.23. The fourth-order valence-electron chi connectivity index (χ4n) is 1.57. The number of halogens is 1. The van der Waals surface area contributed by atoms with E-state index in [0.29, 0.717) is 5.69 Å². The van der Waals surface area contributed by atoms with Crippen molar-refractivity contribution in [1.29, 1.82) is 0 Å². The van der Waals surface area contributed by atoms with E-state index >= 15 is 0 Å². The van der Waals surface area contributed by atoms with Gasteiger partial charge in [-0.15, -0.1) is 0 Å². The maximum Gasteiger partial charge on any atom is 0.259 e. The molecule has 5 nitrogen and oxygen atoms in total. The number of benzene rings is 1. The summed E-state index contributed by atoms with van der Waals surface area (Å²) in [6, 6.07) is 7.08. The molecule has 0 aliphatic carbocycles. The van der Waals surface area contributed by atoms with Gasteiger partial charge in [-0.2, -0.15) is 0 Å². The Bertz CT molecular complexity index is 644. The zero-order valence-electron chi connectivity index (χ0n) is 10.1. The minimum absolute atomic E-state index is 0.0676. The second kappa shape index (κ2) is 4.93. The summed E-state index contributed by atoms with van der Waals surface area (Å²) in [5.74, 6) is -1.95. The Morgan fingerprint density at radius 3 is 2.79 bits per heavy atom. The van der Waals surface area contributed by atoms with Crippen LogP contribution >= 0.6 is 0 Å². The van der Waals surface area contributed by atoms with Gasteiger partial charge in [-0.25, -0.2) is 9.37 Å². The Morgan fingerprint density at radius 2 is 2.11 bits per heavy atom. The second-order valence-electron chi connectivity index (χ2n) is 3.98. The summed E-state index contributed by atoms with van der Waals surface area (Å²) in [5, 5.41) is 11.5. The van der Waals surface area contributed by atoms with Crippen molar-refractivity contribution in [2.24, 2.45) is 0 Å². The van der Waals surface area contributed by atoms with Crippen molar-refractivity contribution in [2.75, 3.05) is 11.1 Å². The molecule has 6 heteroatoms. The van der Waals surface area contributed by atoms with Crippen molar-refractivity contribution in [3.8, 4) is 5.75 Å². The van der Waals surface area contributed by atoms with E-state index in [4.69, 9.17) is 5.73 Å². The van der Waals surface area contributed by atoms with Gasteiger partial charge in [0.1, 0.15) is 5.82 Å². The zero-order valence-corrected chi connectivity index (χ0v) is 10.1. The molecule has 0 bridgehead atoms. The predicted octanol–water partition coefficient (Wildman–Crippen LogP) is 2.07. The molecular weight excluding hydrogens is 249 g/mol. The molecule has 0 spiro atoms. The van der Waals surface area contributed by atoms with Crippen LogP contribution in [0.15, 0.2) is 30.3 Å². The highest BCUT2D eigenvalue weighted by Gasteiger charge is 2.14. The second-order valence-corrected chi connectivity index (χ2v) is 3.98. The quantitative estimate of drug-likeness (QED) is 0.772. The summed E-state index contributed by atoms with van der Waals surface area (Å²) in [6.07, 6.45) is 0. The molecule has 1 amide bonds. The largest absolute Gasteiger partial charge is 0.505 e. The van der Waals surface area contributed by atoms with Crippen molar-refractivity contribution in [3.63, 3.8) is 0 Å². The van der Waals surface area contributed by atoms with E-state index in [-0.39, 0.29) is 17.1 Å². The molecule has 0 atom stereocenters. The Hall–Kier alpha value is -2.63. The Labute approximate surface area is 108 Å². The third-order valence-electron chi connectivity index (χ3n) is 2.54. The van der Waals surface area contributed by atoms with Crippen molar-refractivity contribution >= 4 is 17.4 Å². The van der Waals surface area contributed by atoms with Crippen LogP contribution in [0, 0.1) is 12.7 Å². The number of anilines is 2. The van der Waals surface area contributed by atoms with Gasteiger partial charge >= 0.3 is 0 Å². The van der Waals surface area contributed by atoms with E-state index in [9.17, 15) is 14.3 Å². The molecule has 0 aliphatic heterocycles. The molecule has 0 fully saturated rings.